The Balaban J connectivity index is 1.30. The maximum Gasteiger partial charge on any atom is 0.261 e. The zero-order valence-corrected chi connectivity index (χ0v) is 20.0. The van der Waals surface area contributed by atoms with Gasteiger partial charge in [-0.1, -0.05) is 35.9 Å². The van der Waals surface area contributed by atoms with Crippen LogP contribution in [0.4, 0.5) is 5.69 Å². The average molecular weight is 501 g/mol. The molecule has 0 aliphatic carbocycles. The normalized spacial score (nSPS) is 12.6. The highest BCUT2D eigenvalue weighted by Gasteiger charge is 2.17. The van der Waals surface area contributed by atoms with E-state index in [0.717, 1.165) is 22.3 Å². The Morgan fingerprint density at radius 2 is 1.91 bits per heavy atom. The van der Waals surface area contributed by atoms with Crippen molar-refractivity contribution in [2.24, 2.45) is 0 Å². The van der Waals surface area contributed by atoms with Crippen LogP contribution >= 0.6 is 11.6 Å². The number of aryl methyl sites for hydroxylation is 1. The number of aromatic nitrogens is 2. The van der Waals surface area contributed by atoms with Crippen LogP contribution in [0.25, 0.3) is 10.9 Å². The van der Waals surface area contributed by atoms with Gasteiger partial charge in [-0.3, -0.25) is 9.82 Å². The summed E-state index contributed by atoms with van der Waals surface area (Å²) in [6.45, 7) is 3.12. The highest BCUT2D eigenvalue weighted by Crippen LogP contribution is 2.28. The van der Waals surface area contributed by atoms with Crippen LogP contribution in [0, 0.1) is 6.92 Å². The molecule has 1 heterocycles. The van der Waals surface area contributed by atoms with Gasteiger partial charge in [0.2, 0.25) is 0 Å². The lowest BCUT2D eigenvalue weighted by atomic mass is 10.1. The van der Waals surface area contributed by atoms with Crippen LogP contribution in [0.3, 0.4) is 0 Å². The Kier molecular flexibility index (Phi) is 7.38. The Morgan fingerprint density at radius 3 is 2.71 bits per heavy atom. The molecule has 0 radical (unpaired) electrons. The Labute approximate surface area is 203 Å². The minimum absolute atomic E-state index is 0.125. The van der Waals surface area contributed by atoms with Gasteiger partial charge in [-0.25, -0.2) is 8.42 Å². The van der Waals surface area contributed by atoms with E-state index in [1.54, 1.807) is 30.3 Å². The summed E-state index contributed by atoms with van der Waals surface area (Å²) in [4.78, 5) is 0.125. The predicted octanol–water partition coefficient (Wildman–Crippen LogP) is 4.03. The maximum atomic E-state index is 12.6. The van der Waals surface area contributed by atoms with Gasteiger partial charge in [-0.2, -0.15) is 5.10 Å². The van der Waals surface area contributed by atoms with Gasteiger partial charge in [0.25, 0.3) is 10.0 Å². The van der Waals surface area contributed by atoms with E-state index in [-0.39, 0.29) is 22.2 Å². The summed E-state index contributed by atoms with van der Waals surface area (Å²) in [5.74, 6) is 0.728. The van der Waals surface area contributed by atoms with E-state index in [0.29, 0.717) is 18.7 Å². The van der Waals surface area contributed by atoms with Crippen molar-refractivity contribution in [3.05, 3.63) is 83.0 Å². The molecule has 4 rings (SSSR count). The fourth-order valence-corrected chi connectivity index (χ4v) is 4.77. The van der Waals surface area contributed by atoms with Crippen LogP contribution in [0.2, 0.25) is 5.02 Å². The zero-order valence-electron chi connectivity index (χ0n) is 18.5. The number of fused-ring (bicyclic) bond motifs is 1. The van der Waals surface area contributed by atoms with Gasteiger partial charge < -0.3 is 15.2 Å². The lowest BCUT2D eigenvalue weighted by Gasteiger charge is -2.16. The summed E-state index contributed by atoms with van der Waals surface area (Å²) >= 11 is 6.19. The summed E-state index contributed by atoms with van der Waals surface area (Å²) in [5, 5.41) is 22.1. The smallest absolute Gasteiger partial charge is 0.261 e. The topological polar surface area (TPSA) is 116 Å². The molecule has 0 bridgehead atoms. The molecule has 0 unspecified atom stereocenters. The second-order valence-corrected chi connectivity index (χ2v) is 9.83. The summed E-state index contributed by atoms with van der Waals surface area (Å²) < 4.78 is 33.5. The maximum absolute atomic E-state index is 12.6. The van der Waals surface area contributed by atoms with E-state index in [1.807, 2.05) is 25.1 Å². The number of H-pyrrole nitrogens is 1. The number of nitrogens with one attached hydrogen (secondary N) is 3. The predicted molar refractivity (Wildman–Crippen MR) is 133 cm³/mol. The fraction of sp³-hybridized carbons (Fsp3) is 0.208. The fourth-order valence-electron chi connectivity index (χ4n) is 3.45. The number of anilines is 1. The monoisotopic (exact) mass is 500 g/mol. The molecule has 10 heteroatoms. The van der Waals surface area contributed by atoms with E-state index >= 15 is 0 Å². The minimum Gasteiger partial charge on any atom is -0.492 e. The highest BCUT2D eigenvalue weighted by atomic mass is 35.5. The molecule has 3 aromatic carbocycles. The molecule has 0 spiro atoms. The number of sulfonamides is 1. The number of aromatic amines is 1. The first-order chi connectivity index (χ1) is 16.3. The van der Waals surface area contributed by atoms with Crippen molar-refractivity contribution >= 4 is 38.2 Å². The summed E-state index contributed by atoms with van der Waals surface area (Å²) in [6, 6.07) is 18.5. The van der Waals surface area contributed by atoms with E-state index in [2.05, 4.69) is 20.2 Å². The summed E-state index contributed by atoms with van der Waals surface area (Å²) in [7, 11) is -3.80. The molecule has 1 aromatic heterocycles. The second kappa shape index (κ2) is 10.4. The van der Waals surface area contributed by atoms with Crippen molar-refractivity contribution in [2.75, 3.05) is 24.4 Å². The van der Waals surface area contributed by atoms with E-state index in [9.17, 15) is 13.5 Å². The Bertz CT molecular complexity index is 1380. The van der Waals surface area contributed by atoms with Crippen molar-refractivity contribution in [1.82, 2.24) is 15.5 Å². The second-order valence-electron chi connectivity index (χ2n) is 7.74. The SMILES string of the molecule is Cc1n[nH]c2cc(OCCNC[C@H](O)c3ccc(Cl)c(NS(=O)(=O)c4ccccc4)c3)ccc12. The Hall–Kier alpha value is -3.11. The first-order valence-electron chi connectivity index (χ1n) is 10.7. The van der Waals surface area contributed by atoms with Crippen LogP contribution in [0.1, 0.15) is 17.4 Å². The lowest BCUT2D eigenvalue weighted by molar-refractivity contribution is 0.172. The molecule has 34 heavy (non-hydrogen) atoms. The third-order valence-corrected chi connectivity index (χ3v) is 6.99. The quantitative estimate of drug-likeness (QED) is 0.244. The van der Waals surface area contributed by atoms with Gasteiger partial charge in [-0.05, 0) is 48.9 Å². The van der Waals surface area contributed by atoms with Crippen molar-refractivity contribution in [3.63, 3.8) is 0 Å². The molecule has 0 saturated carbocycles. The molecule has 1 atom stereocenters. The van der Waals surface area contributed by atoms with Gasteiger partial charge in [0.15, 0.2) is 0 Å². The Morgan fingerprint density at radius 1 is 1.12 bits per heavy atom. The number of aliphatic hydroxyl groups is 1. The van der Waals surface area contributed by atoms with Crippen LogP contribution < -0.4 is 14.8 Å². The molecule has 0 amide bonds. The van der Waals surface area contributed by atoms with E-state index < -0.39 is 16.1 Å². The number of nitrogens with zero attached hydrogens (tertiary/aromatic N) is 1. The molecule has 178 valence electrons. The van der Waals surface area contributed by atoms with Gasteiger partial charge in [0.1, 0.15) is 12.4 Å². The van der Waals surface area contributed by atoms with Gasteiger partial charge in [-0.15, -0.1) is 0 Å². The van der Waals surface area contributed by atoms with E-state index in [4.69, 9.17) is 16.3 Å². The first kappa shape index (κ1) is 24.0. The number of aliphatic hydroxyl groups excluding tert-OH is 1. The van der Waals surface area contributed by atoms with Crippen molar-refractivity contribution in [3.8, 4) is 5.75 Å². The molecule has 0 aliphatic heterocycles. The number of hydrogen-bond acceptors (Lipinski definition) is 6. The van der Waals surface area contributed by atoms with Gasteiger partial charge in [0.05, 0.1) is 32.9 Å². The molecule has 0 fully saturated rings. The molecule has 4 aromatic rings. The molecular formula is C24H25ClN4O4S. The van der Waals surface area contributed by atoms with Gasteiger partial charge in [0, 0.05) is 24.5 Å². The molecule has 8 nitrogen and oxygen atoms in total. The molecule has 4 N–H and O–H groups in total. The number of halogens is 1. The van der Waals surface area contributed by atoms with Crippen LogP contribution in [-0.4, -0.2) is 43.4 Å². The third-order valence-electron chi connectivity index (χ3n) is 5.28. The highest BCUT2D eigenvalue weighted by molar-refractivity contribution is 7.92. The van der Waals surface area contributed by atoms with Crippen LogP contribution in [0.5, 0.6) is 5.75 Å². The third kappa shape index (κ3) is 5.68. The largest absolute Gasteiger partial charge is 0.492 e. The minimum atomic E-state index is -3.80. The summed E-state index contributed by atoms with van der Waals surface area (Å²) in [5.41, 5.74) is 2.59. The molecule has 0 aliphatic rings. The van der Waals surface area contributed by atoms with E-state index in [1.165, 1.54) is 18.2 Å². The number of benzene rings is 3. The number of hydrogen-bond donors (Lipinski definition) is 4. The average Bonchev–Trinajstić information content (AvgIpc) is 3.20. The zero-order chi connectivity index (χ0) is 24.1. The van der Waals surface area contributed by atoms with Crippen molar-refractivity contribution < 1.29 is 18.3 Å². The summed E-state index contributed by atoms with van der Waals surface area (Å²) in [6.07, 6.45) is -0.860. The van der Waals surface area contributed by atoms with Crippen molar-refractivity contribution in [2.45, 2.75) is 17.9 Å². The van der Waals surface area contributed by atoms with Crippen LogP contribution in [-0.2, 0) is 10.0 Å². The number of ether oxygens (including phenoxy) is 1. The molecule has 0 saturated heterocycles. The standard InChI is InChI=1S/C24H25ClN4O4S/c1-16-20-9-8-18(14-22(20)28-27-16)33-12-11-26-15-24(30)17-7-10-21(25)23(13-17)29-34(31,32)19-5-3-2-4-6-19/h2-10,13-14,24,26,29-30H,11-12,15H2,1H3,(H,27,28)/t24-/m0/s1. The number of rotatable bonds is 10. The molecular weight excluding hydrogens is 476 g/mol. The first-order valence-corrected chi connectivity index (χ1v) is 12.5. The lowest BCUT2D eigenvalue weighted by Crippen LogP contribution is -2.26. The van der Waals surface area contributed by atoms with Gasteiger partial charge >= 0.3 is 0 Å². The van der Waals surface area contributed by atoms with Crippen LogP contribution in [0.15, 0.2) is 71.6 Å². The van der Waals surface area contributed by atoms with Crippen molar-refractivity contribution in [1.29, 1.82) is 0 Å².